The topological polar surface area (TPSA) is 87.6 Å². The quantitative estimate of drug-likeness (QED) is 0.363. The molecule has 1 rings (SSSR count). The summed E-state index contributed by atoms with van der Waals surface area (Å²) in [6.07, 6.45) is 1.62. The van der Waals surface area contributed by atoms with Gasteiger partial charge in [-0.25, -0.2) is 0 Å². The highest BCUT2D eigenvalue weighted by atomic mass is 28.3. The maximum Gasteiger partial charge on any atom is 0.322 e. The van der Waals surface area contributed by atoms with Gasteiger partial charge in [0.1, 0.15) is 12.3 Å². The van der Waals surface area contributed by atoms with Gasteiger partial charge in [-0.05, 0) is 30.9 Å². The van der Waals surface area contributed by atoms with Crippen molar-refractivity contribution in [3.63, 3.8) is 0 Å². The van der Waals surface area contributed by atoms with Gasteiger partial charge in [0.15, 0.2) is 0 Å². The lowest BCUT2D eigenvalue weighted by atomic mass is 10.1. The van der Waals surface area contributed by atoms with Gasteiger partial charge in [-0.2, -0.15) is 0 Å². The van der Waals surface area contributed by atoms with Crippen LogP contribution in [0.15, 0.2) is 30.3 Å². The minimum Gasteiger partial charge on any atom is -0.465 e. The molecular weight excluding hydrogens is 320 g/mol. The molecule has 6 heteroatoms. The molecule has 4 N–H and O–H groups in total. The third-order valence-corrected chi connectivity index (χ3v) is 5.41. The van der Waals surface area contributed by atoms with Crippen LogP contribution in [0.5, 0.6) is 0 Å². The number of ether oxygens (including phenoxy) is 2. The molecule has 1 aromatic carbocycles. The summed E-state index contributed by atoms with van der Waals surface area (Å²) in [6.45, 7) is 7.71. The zero-order valence-corrected chi connectivity index (χ0v) is 16.2. The molecule has 0 heterocycles. The molecule has 0 aliphatic heterocycles. The Morgan fingerprint density at radius 2 is 1.79 bits per heavy atom. The van der Waals surface area contributed by atoms with Crippen molar-refractivity contribution < 1.29 is 14.3 Å². The Labute approximate surface area is 146 Å². The minimum atomic E-state index is -1.19. The molecule has 0 saturated carbocycles. The first-order valence-electron chi connectivity index (χ1n) is 8.61. The van der Waals surface area contributed by atoms with Gasteiger partial charge in [-0.3, -0.25) is 4.79 Å². The van der Waals surface area contributed by atoms with Crippen LogP contribution in [-0.2, 0) is 20.9 Å². The van der Waals surface area contributed by atoms with Crippen LogP contribution in [0, 0.1) is 0 Å². The van der Waals surface area contributed by atoms with Crippen molar-refractivity contribution in [3.05, 3.63) is 35.9 Å². The van der Waals surface area contributed by atoms with Crippen molar-refractivity contribution >= 4 is 14.0 Å². The van der Waals surface area contributed by atoms with Gasteiger partial charge in [-0.15, -0.1) is 0 Å². The standard InChI is InChI=1S/C18H32N2O3Si/c1-24(2,3)13-12-22-18(21)16(19)10-7-11-17(20)23-14-15-8-5-4-6-9-15/h4-6,8-9,16-17H,7,10-14,19-20H2,1-3H3/t16-,17?/m0/s1. The summed E-state index contributed by atoms with van der Waals surface area (Å²) in [5.74, 6) is -0.313. The molecule has 0 spiro atoms. The average Bonchev–Trinajstić information content (AvgIpc) is 2.52. The number of hydrogen-bond acceptors (Lipinski definition) is 5. The summed E-state index contributed by atoms with van der Waals surface area (Å²) in [6, 6.07) is 10.3. The van der Waals surface area contributed by atoms with Gasteiger partial charge in [-0.1, -0.05) is 50.0 Å². The Kier molecular flexibility index (Phi) is 9.21. The van der Waals surface area contributed by atoms with E-state index in [-0.39, 0.29) is 12.2 Å². The average molecular weight is 353 g/mol. The zero-order chi connectivity index (χ0) is 18.0. The maximum atomic E-state index is 11.8. The van der Waals surface area contributed by atoms with E-state index in [9.17, 15) is 4.79 Å². The molecule has 0 aliphatic carbocycles. The van der Waals surface area contributed by atoms with Crippen molar-refractivity contribution in [2.75, 3.05) is 6.61 Å². The molecule has 24 heavy (non-hydrogen) atoms. The second-order valence-electron chi connectivity index (χ2n) is 7.35. The fourth-order valence-corrected chi connectivity index (χ4v) is 2.80. The lowest BCUT2D eigenvalue weighted by molar-refractivity contribution is -0.144. The number of carbonyl (C=O) groups excluding carboxylic acids is 1. The van der Waals surface area contributed by atoms with Crippen LogP contribution in [0.2, 0.25) is 25.7 Å². The van der Waals surface area contributed by atoms with Crippen LogP contribution >= 0.6 is 0 Å². The van der Waals surface area contributed by atoms with E-state index in [0.717, 1.165) is 18.0 Å². The smallest absolute Gasteiger partial charge is 0.322 e. The second-order valence-corrected chi connectivity index (χ2v) is 13.0. The molecule has 5 nitrogen and oxygen atoms in total. The summed E-state index contributed by atoms with van der Waals surface area (Å²) in [5.41, 5.74) is 12.9. The van der Waals surface area contributed by atoms with Crippen LogP contribution in [0.3, 0.4) is 0 Å². The van der Waals surface area contributed by atoms with E-state index >= 15 is 0 Å². The largest absolute Gasteiger partial charge is 0.465 e. The predicted molar refractivity (Wildman–Crippen MR) is 100 cm³/mol. The highest BCUT2D eigenvalue weighted by Gasteiger charge is 2.18. The monoisotopic (exact) mass is 352 g/mol. The Hall–Kier alpha value is -1.21. The molecule has 0 amide bonds. The second kappa shape index (κ2) is 10.6. The van der Waals surface area contributed by atoms with Crippen molar-refractivity contribution in [1.82, 2.24) is 0 Å². The summed E-state index contributed by atoms with van der Waals surface area (Å²) in [5, 5.41) is 0. The number of esters is 1. The fraction of sp³-hybridized carbons (Fsp3) is 0.611. The van der Waals surface area contributed by atoms with E-state index in [1.165, 1.54) is 0 Å². The van der Waals surface area contributed by atoms with E-state index in [0.29, 0.717) is 26.1 Å². The van der Waals surface area contributed by atoms with E-state index in [1.54, 1.807) is 0 Å². The summed E-state index contributed by atoms with van der Waals surface area (Å²) >= 11 is 0. The van der Waals surface area contributed by atoms with Crippen LogP contribution in [-0.4, -0.2) is 32.9 Å². The fourth-order valence-electron chi connectivity index (χ4n) is 2.08. The Bertz CT molecular complexity index is 477. The predicted octanol–water partition coefficient (Wildman–Crippen LogP) is 2.87. The number of carbonyl (C=O) groups is 1. The number of hydrogen-bond donors (Lipinski definition) is 2. The summed E-state index contributed by atoms with van der Waals surface area (Å²) in [7, 11) is -1.19. The first-order valence-corrected chi connectivity index (χ1v) is 12.3. The van der Waals surface area contributed by atoms with E-state index in [4.69, 9.17) is 20.9 Å². The van der Waals surface area contributed by atoms with Gasteiger partial charge in [0.25, 0.3) is 0 Å². The molecule has 1 unspecified atom stereocenters. The number of benzene rings is 1. The SMILES string of the molecule is C[Si](C)(C)CCOC(=O)[C@@H](N)CCCC(N)OCc1ccccc1. The molecule has 1 aromatic rings. The van der Waals surface area contributed by atoms with Crippen molar-refractivity contribution in [2.45, 2.75) is 63.8 Å². The third-order valence-electron chi connectivity index (χ3n) is 3.71. The van der Waals surface area contributed by atoms with Crippen LogP contribution in [0.1, 0.15) is 24.8 Å². The van der Waals surface area contributed by atoms with E-state index in [1.807, 2.05) is 30.3 Å². The van der Waals surface area contributed by atoms with Crippen molar-refractivity contribution in [3.8, 4) is 0 Å². The first-order chi connectivity index (χ1) is 11.3. The van der Waals surface area contributed by atoms with Crippen LogP contribution < -0.4 is 11.5 Å². The summed E-state index contributed by atoms with van der Waals surface area (Å²) < 4.78 is 10.8. The zero-order valence-electron chi connectivity index (χ0n) is 15.2. The lowest BCUT2D eigenvalue weighted by Crippen LogP contribution is -2.34. The molecule has 0 saturated heterocycles. The van der Waals surface area contributed by atoms with Crippen LogP contribution in [0.25, 0.3) is 0 Å². The number of nitrogens with two attached hydrogens (primary N) is 2. The van der Waals surface area contributed by atoms with Gasteiger partial charge < -0.3 is 20.9 Å². The molecule has 0 aliphatic rings. The molecule has 0 radical (unpaired) electrons. The normalized spacial score (nSPS) is 14.2. The molecule has 0 fully saturated rings. The van der Waals surface area contributed by atoms with Gasteiger partial charge in [0.05, 0.1) is 13.2 Å². The summed E-state index contributed by atoms with van der Waals surface area (Å²) in [4.78, 5) is 11.8. The highest BCUT2D eigenvalue weighted by molar-refractivity contribution is 6.76. The Morgan fingerprint density at radius 3 is 2.42 bits per heavy atom. The minimum absolute atomic E-state index is 0.313. The van der Waals surface area contributed by atoms with E-state index < -0.39 is 14.1 Å². The molecule has 0 bridgehead atoms. The van der Waals surface area contributed by atoms with Crippen molar-refractivity contribution in [1.29, 1.82) is 0 Å². The van der Waals surface area contributed by atoms with E-state index in [2.05, 4.69) is 19.6 Å². The molecule has 0 aromatic heterocycles. The Balaban J connectivity index is 2.13. The number of rotatable bonds is 11. The van der Waals surface area contributed by atoms with Gasteiger partial charge in [0, 0.05) is 8.07 Å². The molecular formula is C18H32N2O3Si. The Morgan fingerprint density at radius 1 is 1.12 bits per heavy atom. The van der Waals surface area contributed by atoms with Gasteiger partial charge >= 0.3 is 5.97 Å². The van der Waals surface area contributed by atoms with Crippen molar-refractivity contribution in [2.24, 2.45) is 11.5 Å². The molecule has 136 valence electrons. The maximum absolute atomic E-state index is 11.8. The highest BCUT2D eigenvalue weighted by Crippen LogP contribution is 2.10. The van der Waals surface area contributed by atoms with Crippen LogP contribution in [0.4, 0.5) is 0 Å². The van der Waals surface area contributed by atoms with Gasteiger partial charge in [0.2, 0.25) is 0 Å². The lowest BCUT2D eigenvalue weighted by Gasteiger charge is -2.17. The first kappa shape index (κ1) is 20.8. The molecule has 2 atom stereocenters. The third kappa shape index (κ3) is 9.82.